The Morgan fingerprint density at radius 1 is 1.57 bits per heavy atom. The minimum Gasteiger partial charge on any atom is -0.358 e. The lowest BCUT2D eigenvalue weighted by atomic mass is 10.4. The zero-order valence-corrected chi connectivity index (χ0v) is 9.87. The van der Waals surface area contributed by atoms with Crippen molar-refractivity contribution in [3.05, 3.63) is 20.8 Å². The monoisotopic (exact) mass is 276 g/mol. The van der Waals surface area contributed by atoms with Crippen LogP contribution in [0.2, 0.25) is 0 Å². The standard InChI is InChI=1S/C8H9BrN2O2S/c1-10-6(12)4-11-8(13)7-5(9)2-3-14-7/h2-3H,4H2,1H3,(H,10,12)(H,11,13). The van der Waals surface area contributed by atoms with E-state index in [1.54, 1.807) is 11.4 Å². The fraction of sp³-hybridized carbons (Fsp3) is 0.250. The fourth-order valence-corrected chi connectivity index (χ4v) is 2.25. The summed E-state index contributed by atoms with van der Waals surface area (Å²) in [6.07, 6.45) is 0. The van der Waals surface area contributed by atoms with Crippen LogP contribution in [0.5, 0.6) is 0 Å². The Labute approximate surface area is 93.8 Å². The topological polar surface area (TPSA) is 58.2 Å². The van der Waals surface area contributed by atoms with Crippen molar-refractivity contribution >= 4 is 39.1 Å². The van der Waals surface area contributed by atoms with Crippen molar-refractivity contribution in [3.63, 3.8) is 0 Å². The van der Waals surface area contributed by atoms with Gasteiger partial charge in [0.25, 0.3) is 5.91 Å². The summed E-state index contributed by atoms with van der Waals surface area (Å²) in [5.74, 6) is -0.457. The van der Waals surface area contributed by atoms with Gasteiger partial charge in [0.1, 0.15) is 4.88 Å². The molecule has 6 heteroatoms. The Morgan fingerprint density at radius 2 is 2.29 bits per heavy atom. The first-order chi connectivity index (χ1) is 6.65. The third kappa shape index (κ3) is 2.81. The molecular weight excluding hydrogens is 268 g/mol. The van der Waals surface area contributed by atoms with Gasteiger partial charge in [-0.05, 0) is 27.4 Å². The van der Waals surface area contributed by atoms with Crippen molar-refractivity contribution in [2.24, 2.45) is 0 Å². The van der Waals surface area contributed by atoms with Crippen LogP contribution in [0, 0.1) is 0 Å². The van der Waals surface area contributed by atoms with Crippen molar-refractivity contribution in [2.75, 3.05) is 13.6 Å². The first-order valence-electron chi connectivity index (χ1n) is 3.87. The molecule has 76 valence electrons. The molecule has 1 aromatic rings. The van der Waals surface area contributed by atoms with Gasteiger partial charge >= 0.3 is 0 Å². The number of hydrogen-bond donors (Lipinski definition) is 2. The van der Waals surface area contributed by atoms with Gasteiger partial charge in [-0.15, -0.1) is 11.3 Å². The minimum atomic E-state index is -0.240. The first kappa shape index (κ1) is 11.2. The molecule has 4 nitrogen and oxygen atoms in total. The smallest absolute Gasteiger partial charge is 0.262 e. The Bertz CT molecular complexity index is 351. The molecule has 2 N–H and O–H groups in total. The predicted molar refractivity (Wildman–Crippen MR) is 58.4 cm³/mol. The van der Waals surface area contributed by atoms with Gasteiger partial charge < -0.3 is 10.6 Å². The molecule has 1 rings (SSSR count). The number of halogens is 1. The summed E-state index contributed by atoms with van der Waals surface area (Å²) in [6, 6.07) is 1.79. The van der Waals surface area contributed by atoms with Crippen LogP contribution in [-0.4, -0.2) is 25.4 Å². The van der Waals surface area contributed by atoms with Crippen LogP contribution >= 0.6 is 27.3 Å². The number of carbonyl (C=O) groups excluding carboxylic acids is 2. The highest BCUT2D eigenvalue weighted by Gasteiger charge is 2.11. The normalized spacial score (nSPS) is 9.57. The number of thiophene rings is 1. The van der Waals surface area contributed by atoms with E-state index in [0.717, 1.165) is 4.47 Å². The highest BCUT2D eigenvalue weighted by Crippen LogP contribution is 2.21. The molecule has 1 heterocycles. The molecule has 2 amide bonds. The molecule has 0 aliphatic rings. The molecule has 0 saturated heterocycles. The van der Waals surface area contributed by atoms with Gasteiger partial charge in [0.15, 0.2) is 0 Å². The summed E-state index contributed by atoms with van der Waals surface area (Å²) in [6.45, 7) is -0.000324. The average Bonchev–Trinajstić information content (AvgIpc) is 2.60. The second kappa shape index (κ2) is 5.11. The van der Waals surface area contributed by atoms with E-state index in [4.69, 9.17) is 0 Å². The SMILES string of the molecule is CNC(=O)CNC(=O)c1sccc1Br. The lowest BCUT2D eigenvalue weighted by Crippen LogP contribution is -2.34. The molecule has 0 fully saturated rings. The van der Waals surface area contributed by atoms with E-state index >= 15 is 0 Å². The number of likely N-dealkylation sites (N-methyl/N-ethyl adjacent to an activating group) is 1. The fourth-order valence-electron chi connectivity index (χ4n) is 0.785. The van der Waals surface area contributed by atoms with E-state index in [-0.39, 0.29) is 18.4 Å². The molecule has 0 aromatic carbocycles. The van der Waals surface area contributed by atoms with E-state index in [0.29, 0.717) is 4.88 Å². The molecule has 0 spiro atoms. The first-order valence-corrected chi connectivity index (χ1v) is 5.54. The van der Waals surface area contributed by atoms with Gasteiger partial charge in [-0.2, -0.15) is 0 Å². The summed E-state index contributed by atoms with van der Waals surface area (Å²) >= 11 is 4.57. The molecule has 0 atom stereocenters. The van der Waals surface area contributed by atoms with Crippen molar-refractivity contribution in [1.82, 2.24) is 10.6 Å². The highest BCUT2D eigenvalue weighted by molar-refractivity contribution is 9.10. The van der Waals surface area contributed by atoms with Crippen LogP contribution in [0.1, 0.15) is 9.67 Å². The van der Waals surface area contributed by atoms with Gasteiger partial charge in [0, 0.05) is 11.5 Å². The van der Waals surface area contributed by atoms with Gasteiger partial charge in [-0.25, -0.2) is 0 Å². The van der Waals surface area contributed by atoms with Crippen molar-refractivity contribution in [1.29, 1.82) is 0 Å². The zero-order valence-electron chi connectivity index (χ0n) is 7.46. The summed E-state index contributed by atoms with van der Waals surface area (Å²) < 4.78 is 0.747. The predicted octanol–water partition coefficient (Wildman–Crippen LogP) is 0.986. The summed E-state index contributed by atoms with van der Waals surface area (Å²) in [7, 11) is 1.52. The van der Waals surface area contributed by atoms with Gasteiger partial charge in [-0.3, -0.25) is 9.59 Å². The Morgan fingerprint density at radius 3 is 2.79 bits per heavy atom. The zero-order chi connectivity index (χ0) is 10.6. The van der Waals surface area contributed by atoms with Crippen LogP contribution < -0.4 is 10.6 Å². The van der Waals surface area contributed by atoms with Gasteiger partial charge in [-0.1, -0.05) is 0 Å². The van der Waals surface area contributed by atoms with Gasteiger partial charge in [0.05, 0.1) is 6.54 Å². The highest BCUT2D eigenvalue weighted by atomic mass is 79.9. The summed E-state index contributed by atoms with van der Waals surface area (Å²) in [5, 5.41) is 6.73. The van der Waals surface area contributed by atoms with Crippen LogP contribution in [0.4, 0.5) is 0 Å². The van der Waals surface area contributed by atoms with E-state index in [2.05, 4.69) is 26.6 Å². The third-order valence-corrected chi connectivity index (χ3v) is 3.35. The Hall–Kier alpha value is -0.880. The summed E-state index contributed by atoms with van der Waals surface area (Å²) in [5.41, 5.74) is 0. The quantitative estimate of drug-likeness (QED) is 0.865. The number of amides is 2. The molecule has 0 unspecified atom stereocenters. The Kier molecular flexibility index (Phi) is 4.09. The van der Waals surface area contributed by atoms with E-state index in [1.807, 2.05) is 0 Å². The lowest BCUT2D eigenvalue weighted by Gasteiger charge is -2.02. The van der Waals surface area contributed by atoms with Crippen molar-refractivity contribution < 1.29 is 9.59 Å². The molecular formula is C8H9BrN2O2S. The number of nitrogens with one attached hydrogen (secondary N) is 2. The maximum atomic E-state index is 11.4. The van der Waals surface area contributed by atoms with Crippen LogP contribution in [0.3, 0.4) is 0 Å². The minimum absolute atomic E-state index is 0.000324. The number of rotatable bonds is 3. The molecule has 0 bridgehead atoms. The van der Waals surface area contributed by atoms with E-state index < -0.39 is 0 Å². The maximum absolute atomic E-state index is 11.4. The molecule has 1 aromatic heterocycles. The molecule has 0 aliphatic carbocycles. The van der Waals surface area contributed by atoms with E-state index in [1.165, 1.54) is 18.4 Å². The Balaban J connectivity index is 2.52. The molecule has 0 aliphatic heterocycles. The summed E-state index contributed by atoms with van der Waals surface area (Å²) in [4.78, 5) is 22.9. The second-order valence-corrected chi connectivity index (χ2v) is 4.22. The van der Waals surface area contributed by atoms with Crippen LogP contribution in [0.15, 0.2) is 15.9 Å². The second-order valence-electron chi connectivity index (χ2n) is 2.45. The van der Waals surface area contributed by atoms with E-state index in [9.17, 15) is 9.59 Å². The number of hydrogen-bond acceptors (Lipinski definition) is 3. The largest absolute Gasteiger partial charge is 0.358 e. The number of carbonyl (C=O) groups is 2. The molecule has 14 heavy (non-hydrogen) atoms. The molecule has 0 radical (unpaired) electrons. The third-order valence-electron chi connectivity index (χ3n) is 1.51. The lowest BCUT2D eigenvalue weighted by molar-refractivity contribution is -0.119. The van der Waals surface area contributed by atoms with Crippen molar-refractivity contribution in [2.45, 2.75) is 0 Å². The van der Waals surface area contributed by atoms with Crippen molar-refractivity contribution in [3.8, 4) is 0 Å². The van der Waals surface area contributed by atoms with Crippen LogP contribution in [-0.2, 0) is 4.79 Å². The van der Waals surface area contributed by atoms with Gasteiger partial charge in [0.2, 0.25) is 5.91 Å². The average molecular weight is 277 g/mol. The maximum Gasteiger partial charge on any atom is 0.262 e. The van der Waals surface area contributed by atoms with Crippen LogP contribution in [0.25, 0.3) is 0 Å². The molecule has 0 saturated carbocycles.